The lowest BCUT2D eigenvalue weighted by molar-refractivity contribution is 0.681. The molecule has 25 heavy (non-hydrogen) atoms. The van der Waals surface area contributed by atoms with Crippen LogP contribution in [-0.2, 0) is 26.4 Å². The molecule has 0 aliphatic heterocycles. The van der Waals surface area contributed by atoms with Gasteiger partial charge in [0.05, 0.1) is 11.7 Å². The van der Waals surface area contributed by atoms with E-state index in [-0.39, 0.29) is 6.04 Å². The second-order valence-electron chi connectivity index (χ2n) is 6.05. The van der Waals surface area contributed by atoms with Gasteiger partial charge in [0.1, 0.15) is 0 Å². The molecule has 1 heterocycles. The van der Waals surface area contributed by atoms with E-state index in [0.717, 1.165) is 35.1 Å². The van der Waals surface area contributed by atoms with Crippen LogP contribution in [-0.4, -0.2) is 22.8 Å². The average Bonchev–Trinajstić information content (AvgIpc) is 2.92. The van der Waals surface area contributed by atoms with E-state index >= 15 is 0 Å². The van der Waals surface area contributed by atoms with Crippen LogP contribution in [0.15, 0.2) is 29.3 Å². The molecule has 1 aromatic carbocycles. The van der Waals surface area contributed by atoms with E-state index in [2.05, 4.69) is 47.6 Å². The quantitative estimate of drug-likeness (QED) is 0.610. The smallest absolute Gasteiger partial charge is 0.191 e. The lowest BCUT2D eigenvalue weighted by Crippen LogP contribution is -2.38. The van der Waals surface area contributed by atoms with Crippen molar-refractivity contribution in [2.24, 2.45) is 12.0 Å². The minimum atomic E-state index is 0.107. The Morgan fingerprint density at radius 2 is 2.08 bits per heavy atom. The molecule has 0 saturated carbocycles. The van der Waals surface area contributed by atoms with E-state index in [1.165, 1.54) is 11.3 Å². The Balaban J connectivity index is 2.06. The molecule has 0 aliphatic rings. The van der Waals surface area contributed by atoms with Crippen LogP contribution < -0.4 is 10.6 Å². The Labute approximate surface area is 155 Å². The molecule has 0 aliphatic carbocycles. The number of halogens is 1. The second kappa shape index (κ2) is 8.90. The molecule has 136 valence electrons. The van der Waals surface area contributed by atoms with Crippen LogP contribution in [0.25, 0.3) is 0 Å². The Hall–Kier alpha value is -2.01. The van der Waals surface area contributed by atoms with Gasteiger partial charge in [0, 0.05) is 36.9 Å². The van der Waals surface area contributed by atoms with Crippen LogP contribution in [0.1, 0.15) is 49.3 Å². The van der Waals surface area contributed by atoms with Crippen molar-refractivity contribution in [2.45, 2.75) is 46.2 Å². The summed E-state index contributed by atoms with van der Waals surface area (Å²) in [4.78, 5) is 4.34. The maximum atomic E-state index is 6.09. The van der Waals surface area contributed by atoms with Crippen LogP contribution in [0.4, 0.5) is 0 Å². The van der Waals surface area contributed by atoms with Gasteiger partial charge in [-0.1, -0.05) is 37.6 Å². The highest BCUT2D eigenvalue weighted by Crippen LogP contribution is 2.18. The standard InChI is InChI=1S/C19H28ClN5/c1-6-17-16(18(7-2)25(5)24-17)12-22-19(21-4)23-13(3)14-9-8-10-15(20)11-14/h8-11,13H,6-7,12H2,1-5H3,(H2,21,22,23). The maximum absolute atomic E-state index is 6.09. The van der Waals surface area contributed by atoms with Crippen molar-refractivity contribution in [1.29, 1.82) is 0 Å². The molecule has 0 radical (unpaired) electrons. The minimum absolute atomic E-state index is 0.107. The van der Waals surface area contributed by atoms with Crippen molar-refractivity contribution in [3.05, 3.63) is 51.8 Å². The number of benzene rings is 1. The number of hydrogen-bond acceptors (Lipinski definition) is 2. The fraction of sp³-hybridized carbons (Fsp3) is 0.474. The lowest BCUT2D eigenvalue weighted by Gasteiger charge is -2.19. The van der Waals surface area contributed by atoms with Gasteiger partial charge in [-0.3, -0.25) is 9.67 Å². The summed E-state index contributed by atoms with van der Waals surface area (Å²) in [5.74, 6) is 0.764. The molecular weight excluding hydrogens is 334 g/mol. The predicted octanol–water partition coefficient (Wildman–Crippen LogP) is 3.62. The summed E-state index contributed by atoms with van der Waals surface area (Å²) in [6.45, 7) is 7.10. The molecule has 2 rings (SSSR count). The molecule has 2 N–H and O–H groups in total. The SMILES string of the molecule is CCc1nn(C)c(CC)c1CNC(=NC)NC(C)c1cccc(Cl)c1. The number of rotatable bonds is 6. The van der Waals surface area contributed by atoms with Gasteiger partial charge >= 0.3 is 0 Å². The zero-order valence-corrected chi connectivity index (χ0v) is 16.5. The Kier molecular flexibility index (Phi) is 6.88. The Morgan fingerprint density at radius 1 is 1.32 bits per heavy atom. The van der Waals surface area contributed by atoms with Crippen LogP contribution in [0.3, 0.4) is 0 Å². The van der Waals surface area contributed by atoms with Gasteiger partial charge in [-0.25, -0.2) is 0 Å². The highest BCUT2D eigenvalue weighted by atomic mass is 35.5. The van der Waals surface area contributed by atoms with Crippen LogP contribution in [0, 0.1) is 0 Å². The second-order valence-corrected chi connectivity index (χ2v) is 6.49. The monoisotopic (exact) mass is 361 g/mol. The molecule has 5 nitrogen and oxygen atoms in total. The van der Waals surface area contributed by atoms with Crippen LogP contribution in [0.2, 0.25) is 5.02 Å². The summed E-state index contributed by atoms with van der Waals surface area (Å²) in [6.07, 6.45) is 1.89. The largest absolute Gasteiger partial charge is 0.352 e. The molecular formula is C19H28ClN5. The van der Waals surface area contributed by atoms with Gasteiger partial charge in [0.25, 0.3) is 0 Å². The van der Waals surface area contributed by atoms with Gasteiger partial charge in [-0.05, 0) is 37.5 Å². The highest BCUT2D eigenvalue weighted by Gasteiger charge is 2.14. The summed E-state index contributed by atoms with van der Waals surface area (Å²) < 4.78 is 1.99. The first-order valence-corrected chi connectivity index (χ1v) is 9.14. The zero-order chi connectivity index (χ0) is 18.4. The first-order valence-electron chi connectivity index (χ1n) is 8.76. The minimum Gasteiger partial charge on any atom is -0.352 e. The number of guanidine groups is 1. The van der Waals surface area contributed by atoms with Gasteiger partial charge in [0.2, 0.25) is 0 Å². The zero-order valence-electron chi connectivity index (χ0n) is 15.7. The number of nitrogens with one attached hydrogen (secondary N) is 2. The van der Waals surface area contributed by atoms with E-state index < -0.39 is 0 Å². The topological polar surface area (TPSA) is 54.2 Å². The fourth-order valence-corrected chi connectivity index (χ4v) is 3.22. The Morgan fingerprint density at radius 3 is 2.68 bits per heavy atom. The third-order valence-electron chi connectivity index (χ3n) is 4.39. The highest BCUT2D eigenvalue weighted by molar-refractivity contribution is 6.30. The molecule has 1 aromatic heterocycles. The van der Waals surface area contributed by atoms with Gasteiger partial charge in [-0.15, -0.1) is 0 Å². The first-order chi connectivity index (χ1) is 12.0. The fourth-order valence-electron chi connectivity index (χ4n) is 3.03. The maximum Gasteiger partial charge on any atom is 0.191 e. The predicted molar refractivity (Wildman–Crippen MR) is 105 cm³/mol. The molecule has 2 aromatic rings. The van der Waals surface area contributed by atoms with E-state index in [0.29, 0.717) is 6.54 Å². The summed E-state index contributed by atoms with van der Waals surface area (Å²) in [5.41, 5.74) is 4.80. The number of nitrogens with zero attached hydrogens (tertiary/aromatic N) is 3. The first kappa shape index (κ1) is 19.3. The summed E-state index contributed by atoms with van der Waals surface area (Å²) in [6, 6.07) is 7.98. The van der Waals surface area contributed by atoms with Crippen molar-refractivity contribution in [1.82, 2.24) is 20.4 Å². The van der Waals surface area contributed by atoms with Crippen molar-refractivity contribution >= 4 is 17.6 Å². The van der Waals surface area contributed by atoms with Crippen molar-refractivity contribution in [3.8, 4) is 0 Å². The molecule has 1 unspecified atom stereocenters. The van der Waals surface area contributed by atoms with E-state index in [1.807, 2.05) is 29.9 Å². The molecule has 0 spiro atoms. The van der Waals surface area contributed by atoms with E-state index in [9.17, 15) is 0 Å². The van der Waals surface area contributed by atoms with Crippen molar-refractivity contribution in [2.75, 3.05) is 7.05 Å². The number of aryl methyl sites for hydroxylation is 2. The van der Waals surface area contributed by atoms with E-state index in [4.69, 9.17) is 11.6 Å². The van der Waals surface area contributed by atoms with Gasteiger partial charge < -0.3 is 10.6 Å². The summed E-state index contributed by atoms with van der Waals surface area (Å²) >= 11 is 6.09. The molecule has 0 amide bonds. The average molecular weight is 362 g/mol. The van der Waals surface area contributed by atoms with Gasteiger partial charge in [0.15, 0.2) is 5.96 Å². The van der Waals surface area contributed by atoms with Crippen molar-refractivity contribution in [3.63, 3.8) is 0 Å². The molecule has 6 heteroatoms. The molecule has 0 fully saturated rings. The normalized spacial score (nSPS) is 13.0. The van der Waals surface area contributed by atoms with Crippen LogP contribution >= 0.6 is 11.6 Å². The molecule has 0 saturated heterocycles. The number of aliphatic imine (C=N–C) groups is 1. The van der Waals surface area contributed by atoms with Gasteiger partial charge in [-0.2, -0.15) is 5.10 Å². The summed E-state index contributed by atoms with van der Waals surface area (Å²) in [7, 11) is 3.79. The van der Waals surface area contributed by atoms with Crippen molar-refractivity contribution < 1.29 is 0 Å². The molecule has 0 bridgehead atoms. The Bertz CT molecular complexity index is 735. The number of aromatic nitrogens is 2. The third kappa shape index (κ3) is 4.75. The third-order valence-corrected chi connectivity index (χ3v) is 4.62. The van der Waals surface area contributed by atoms with E-state index in [1.54, 1.807) is 7.05 Å². The molecule has 1 atom stereocenters. The number of hydrogen-bond donors (Lipinski definition) is 2. The lowest BCUT2D eigenvalue weighted by atomic mass is 10.1. The van der Waals surface area contributed by atoms with Crippen LogP contribution in [0.5, 0.6) is 0 Å². The summed E-state index contributed by atoms with van der Waals surface area (Å²) in [5, 5.41) is 12.2.